The average Bonchev–Trinajstić information content (AvgIpc) is 2.62. The summed E-state index contributed by atoms with van der Waals surface area (Å²) in [4.78, 5) is 4.32. The lowest BCUT2D eigenvalue weighted by Gasteiger charge is -2.35. The number of pyridine rings is 1. The maximum atomic E-state index is 14.2. The molecule has 1 N–H and O–H groups in total. The Morgan fingerprint density at radius 1 is 1.23 bits per heavy atom. The molecule has 1 aliphatic rings. The number of hydrogen-bond donors (Lipinski definition) is 1. The van der Waals surface area contributed by atoms with Crippen LogP contribution >= 0.6 is 0 Å². The molecule has 8 heteroatoms. The van der Waals surface area contributed by atoms with Crippen LogP contribution in [0.3, 0.4) is 0 Å². The van der Waals surface area contributed by atoms with E-state index in [4.69, 9.17) is 4.74 Å². The van der Waals surface area contributed by atoms with Gasteiger partial charge in [-0.3, -0.25) is 9.71 Å². The summed E-state index contributed by atoms with van der Waals surface area (Å²) in [5, 5.41) is 0.818. The van der Waals surface area contributed by atoms with Crippen molar-refractivity contribution in [1.82, 2.24) is 9.29 Å². The maximum absolute atomic E-state index is 14.2. The molecule has 0 bridgehead atoms. The summed E-state index contributed by atoms with van der Waals surface area (Å²) >= 11 is 0. The third-order valence-corrected chi connectivity index (χ3v) is 6.00. The van der Waals surface area contributed by atoms with Crippen LogP contribution in [0.25, 0.3) is 10.9 Å². The van der Waals surface area contributed by atoms with Gasteiger partial charge in [-0.15, -0.1) is 0 Å². The molecule has 3 aromatic rings. The molecule has 0 saturated carbocycles. The van der Waals surface area contributed by atoms with Gasteiger partial charge in [0.1, 0.15) is 0 Å². The van der Waals surface area contributed by atoms with Gasteiger partial charge >= 0.3 is 10.2 Å². The highest BCUT2D eigenvalue weighted by Crippen LogP contribution is 2.42. The van der Waals surface area contributed by atoms with Crippen LogP contribution in [0.2, 0.25) is 0 Å². The van der Waals surface area contributed by atoms with E-state index in [2.05, 4.69) is 9.71 Å². The second-order valence-electron chi connectivity index (χ2n) is 6.02. The molecule has 0 saturated heterocycles. The van der Waals surface area contributed by atoms with Gasteiger partial charge in [0.2, 0.25) is 0 Å². The highest BCUT2D eigenvalue weighted by Gasteiger charge is 2.37. The molecule has 26 heavy (non-hydrogen) atoms. The van der Waals surface area contributed by atoms with Crippen molar-refractivity contribution in [3.8, 4) is 5.75 Å². The second kappa shape index (κ2) is 5.93. The van der Waals surface area contributed by atoms with Crippen LogP contribution in [0.4, 0.5) is 10.1 Å². The predicted octanol–water partition coefficient (Wildman–Crippen LogP) is 3.07. The van der Waals surface area contributed by atoms with Crippen molar-refractivity contribution in [3.63, 3.8) is 0 Å². The Balaban J connectivity index is 1.98. The van der Waals surface area contributed by atoms with Crippen molar-refractivity contribution in [2.24, 2.45) is 0 Å². The third kappa shape index (κ3) is 2.49. The highest BCUT2D eigenvalue weighted by atomic mass is 32.2. The average molecular weight is 373 g/mol. The molecule has 0 spiro atoms. The molecule has 2 heterocycles. The van der Waals surface area contributed by atoms with E-state index >= 15 is 0 Å². The fraction of sp³-hybridized carbons (Fsp3) is 0.167. The first-order valence-electron chi connectivity index (χ1n) is 7.89. The fourth-order valence-corrected chi connectivity index (χ4v) is 4.40. The van der Waals surface area contributed by atoms with Gasteiger partial charge in [-0.1, -0.05) is 24.3 Å². The van der Waals surface area contributed by atoms with Gasteiger partial charge in [-0.2, -0.15) is 12.7 Å². The Kier molecular flexibility index (Phi) is 3.82. The van der Waals surface area contributed by atoms with E-state index in [0.717, 1.165) is 5.39 Å². The Morgan fingerprint density at radius 3 is 2.77 bits per heavy atom. The smallest absolute Gasteiger partial charge is 0.302 e. The molecule has 134 valence electrons. The lowest BCUT2D eigenvalue weighted by atomic mass is 9.95. The number of hydrogen-bond acceptors (Lipinski definition) is 4. The lowest BCUT2D eigenvalue weighted by Crippen LogP contribution is -2.40. The number of halogens is 1. The van der Waals surface area contributed by atoms with Crippen LogP contribution in [0.15, 0.2) is 48.7 Å². The van der Waals surface area contributed by atoms with Crippen LogP contribution < -0.4 is 9.46 Å². The SMILES string of the molecule is COc1ccc(C2c3ccc4cccnc4c3NS(=O)(=O)N2C)cc1F. The van der Waals surface area contributed by atoms with Gasteiger partial charge in [0, 0.05) is 24.2 Å². The van der Waals surface area contributed by atoms with Crippen LogP contribution in [0.5, 0.6) is 5.75 Å². The van der Waals surface area contributed by atoms with Crippen molar-refractivity contribution < 1.29 is 17.5 Å². The Hall–Kier alpha value is -2.71. The van der Waals surface area contributed by atoms with E-state index in [1.807, 2.05) is 18.2 Å². The van der Waals surface area contributed by atoms with Gasteiger partial charge in [-0.05, 0) is 23.8 Å². The number of benzene rings is 2. The number of nitrogens with one attached hydrogen (secondary N) is 1. The van der Waals surface area contributed by atoms with Gasteiger partial charge in [0.15, 0.2) is 11.6 Å². The fourth-order valence-electron chi connectivity index (χ4n) is 3.27. The molecule has 1 atom stereocenters. The molecule has 1 unspecified atom stereocenters. The minimum absolute atomic E-state index is 0.105. The first-order valence-corrected chi connectivity index (χ1v) is 9.33. The zero-order chi connectivity index (χ0) is 18.5. The largest absolute Gasteiger partial charge is 0.494 e. The zero-order valence-electron chi connectivity index (χ0n) is 14.1. The van der Waals surface area contributed by atoms with E-state index in [9.17, 15) is 12.8 Å². The molecule has 0 radical (unpaired) electrons. The zero-order valence-corrected chi connectivity index (χ0v) is 14.9. The quantitative estimate of drug-likeness (QED) is 0.749. The molecule has 6 nitrogen and oxygen atoms in total. The topological polar surface area (TPSA) is 71.5 Å². The van der Waals surface area contributed by atoms with E-state index < -0.39 is 22.1 Å². The molecule has 2 aromatic carbocycles. The number of aromatic nitrogens is 1. The molecule has 0 fully saturated rings. The molecule has 4 rings (SSSR count). The Morgan fingerprint density at radius 2 is 2.04 bits per heavy atom. The number of nitrogens with zero attached hydrogens (tertiary/aromatic N) is 2. The third-order valence-electron chi connectivity index (χ3n) is 4.57. The second-order valence-corrected chi connectivity index (χ2v) is 7.75. The minimum atomic E-state index is -3.80. The number of rotatable bonds is 2. The van der Waals surface area contributed by atoms with Gasteiger partial charge in [0.25, 0.3) is 0 Å². The predicted molar refractivity (Wildman–Crippen MR) is 96.8 cm³/mol. The minimum Gasteiger partial charge on any atom is -0.494 e. The van der Waals surface area contributed by atoms with Crippen molar-refractivity contribution in [2.75, 3.05) is 18.9 Å². The van der Waals surface area contributed by atoms with Crippen LogP contribution in [-0.2, 0) is 10.2 Å². The van der Waals surface area contributed by atoms with Crippen molar-refractivity contribution in [2.45, 2.75) is 6.04 Å². The lowest BCUT2D eigenvalue weighted by molar-refractivity contribution is 0.382. The highest BCUT2D eigenvalue weighted by molar-refractivity contribution is 7.90. The number of fused-ring (bicyclic) bond motifs is 3. The maximum Gasteiger partial charge on any atom is 0.302 e. The number of ether oxygens (including phenoxy) is 1. The normalized spacial score (nSPS) is 19.0. The summed E-state index contributed by atoms with van der Waals surface area (Å²) in [6.45, 7) is 0. The van der Waals surface area contributed by atoms with Crippen molar-refractivity contribution in [3.05, 3.63) is 65.6 Å². The number of anilines is 1. The summed E-state index contributed by atoms with van der Waals surface area (Å²) < 4.78 is 48.3. The molecule has 0 amide bonds. The summed E-state index contributed by atoms with van der Waals surface area (Å²) in [5.74, 6) is -0.441. The first-order chi connectivity index (χ1) is 12.4. The van der Waals surface area contributed by atoms with Gasteiger partial charge in [0.05, 0.1) is 24.4 Å². The summed E-state index contributed by atoms with van der Waals surface area (Å²) in [6.07, 6.45) is 1.61. The van der Waals surface area contributed by atoms with Gasteiger partial charge in [-0.25, -0.2) is 4.39 Å². The van der Waals surface area contributed by atoms with E-state index in [-0.39, 0.29) is 5.75 Å². The van der Waals surface area contributed by atoms with Crippen LogP contribution in [0, 0.1) is 5.82 Å². The summed E-state index contributed by atoms with van der Waals surface area (Å²) in [7, 11) is -0.962. The van der Waals surface area contributed by atoms with Crippen LogP contribution in [0.1, 0.15) is 17.2 Å². The Bertz CT molecular complexity index is 1120. The number of methoxy groups -OCH3 is 1. The monoisotopic (exact) mass is 373 g/mol. The van der Waals surface area contributed by atoms with Crippen molar-refractivity contribution in [1.29, 1.82) is 0 Å². The Labute approximate surface area is 150 Å². The first kappa shape index (κ1) is 16.7. The van der Waals surface area contributed by atoms with Crippen molar-refractivity contribution >= 4 is 26.8 Å². The van der Waals surface area contributed by atoms with E-state index in [1.54, 1.807) is 18.3 Å². The summed E-state index contributed by atoms with van der Waals surface area (Å²) in [5.41, 5.74) is 2.19. The van der Waals surface area contributed by atoms with Gasteiger partial charge < -0.3 is 4.74 Å². The van der Waals surface area contributed by atoms with Crippen LogP contribution in [-0.4, -0.2) is 31.9 Å². The van der Waals surface area contributed by atoms with E-state index in [0.29, 0.717) is 22.3 Å². The molecular weight excluding hydrogens is 357 g/mol. The standard InChI is InChI=1S/C18H16FN3O3S/c1-22-18(12-6-8-15(25-2)14(19)10-12)13-7-5-11-4-3-9-20-16(11)17(13)21-26(22,23)24/h3-10,18,21H,1-2H3. The molecular formula is C18H16FN3O3S. The molecule has 0 aliphatic carbocycles. The molecule has 1 aromatic heterocycles. The molecule has 1 aliphatic heterocycles. The van der Waals surface area contributed by atoms with E-state index in [1.165, 1.54) is 30.6 Å². The summed E-state index contributed by atoms with van der Waals surface area (Å²) in [6, 6.07) is 11.1.